The van der Waals surface area contributed by atoms with Gasteiger partial charge >= 0.3 is 6.09 Å². The molecule has 0 bridgehead atoms. The minimum Gasteiger partial charge on any atom is -0.448 e. The second-order valence-corrected chi connectivity index (χ2v) is 4.20. The third-order valence-electron chi connectivity index (χ3n) is 2.80. The highest BCUT2D eigenvalue weighted by Crippen LogP contribution is 2.11. The fourth-order valence-corrected chi connectivity index (χ4v) is 1.91. The topological polar surface area (TPSA) is 93.5 Å². The Balaban J connectivity index is 1.98. The molecule has 1 atom stereocenters. The van der Waals surface area contributed by atoms with E-state index in [1.54, 1.807) is 0 Å². The van der Waals surface area contributed by atoms with Crippen molar-refractivity contribution in [3.8, 4) is 0 Å². The molecule has 98 valence electrons. The molecule has 0 aromatic heterocycles. The van der Waals surface area contributed by atoms with Gasteiger partial charge in [-0.05, 0) is 25.8 Å². The van der Waals surface area contributed by atoms with E-state index in [2.05, 4.69) is 15.4 Å². The maximum absolute atomic E-state index is 11.4. The Hall–Kier alpha value is -1.30. The number of carbonyl (C=O) groups excluding carboxylic acids is 2. The highest BCUT2D eigenvalue weighted by molar-refractivity contribution is 5.75. The molecule has 0 aromatic carbocycles. The molecule has 2 amide bonds. The molecule has 1 rings (SSSR count). The third-order valence-corrected chi connectivity index (χ3v) is 2.80. The third kappa shape index (κ3) is 6.78. The van der Waals surface area contributed by atoms with Crippen LogP contribution in [0.25, 0.3) is 0 Å². The predicted octanol–water partition coefficient (Wildman–Crippen LogP) is 0.120. The lowest BCUT2D eigenvalue weighted by Crippen LogP contribution is -2.36. The summed E-state index contributed by atoms with van der Waals surface area (Å²) in [5.41, 5.74) is 4.78. The number of hydrogen-bond donors (Lipinski definition) is 3. The molecular formula is C11H21N3O3. The summed E-state index contributed by atoms with van der Waals surface area (Å²) in [5, 5.41) is 6.07. The lowest BCUT2D eigenvalue weighted by molar-refractivity contribution is -0.121. The zero-order chi connectivity index (χ0) is 12.5. The lowest BCUT2D eigenvalue weighted by atomic mass is 10.0. The Labute approximate surface area is 101 Å². The van der Waals surface area contributed by atoms with Crippen LogP contribution in [0.2, 0.25) is 0 Å². The maximum Gasteiger partial charge on any atom is 0.404 e. The van der Waals surface area contributed by atoms with E-state index >= 15 is 0 Å². The molecule has 1 aliphatic heterocycles. The molecule has 1 saturated heterocycles. The number of primary amides is 1. The standard InChI is InChI=1S/C11H21N3O3/c12-11(16)17-8-7-14-10(15)5-4-9-3-1-2-6-13-9/h9,13H,1-8H2,(H2,12,16)(H,14,15). The Bertz CT molecular complexity index is 252. The summed E-state index contributed by atoms with van der Waals surface area (Å²) in [6.07, 6.45) is 4.18. The summed E-state index contributed by atoms with van der Waals surface area (Å²) in [7, 11) is 0. The van der Waals surface area contributed by atoms with Crippen LogP contribution in [0, 0.1) is 0 Å². The van der Waals surface area contributed by atoms with Crippen LogP contribution in [0.15, 0.2) is 0 Å². The van der Waals surface area contributed by atoms with Crippen molar-refractivity contribution < 1.29 is 14.3 Å². The number of rotatable bonds is 6. The number of piperidine rings is 1. The van der Waals surface area contributed by atoms with Crippen molar-refractivity contribution in [2.75, 3.05) is 19.7 Å². The molecule has 1 fully saturated rings. The molecular weight excluding hydrogens is 222 g/mol. The Kier molecular flexibility index (Phi) is 6.39. The van der Waals surface area contributed by atoms with Crippen LogP contribution < -0.4 is 16.4 Å². The summed E-state index contributed by atoms with van der Waals surface area (Å²) in [6.45, 7) is 1.50. The largest absolute Gasteiger partial charge is 0.448 e. The quantitative estimate of drug-likeness (QED) is 0.578. The van der Waals surface area contributed by atoms with Crippen LogP contribution in [-0.4, -0.2) is 37.7 Å². The van der Waals surface area contributed by atoms with E-state index in [-0.39, 0.29) is 12.5 Å². The van der Waals surface area contributed by atoms with E-state index in [0.717, 1.165) is 19.4 Å². The Morgan fingerprint density at radius 1 is 1.41 bits per heavy atom. The van der Waals surface area contributed by atoms with Crippen molar-refractivity contribution in [1.82, 2.24) is 10.6 Å². The minimum absolute atomic E-state index is 0.00885. The van der Waals surface area contributed by atoms with Crippen LogP contribution in [0.1, 0.15) is 32.1 Å². The van der Waals surface area contributed by atoms with Crippen molar-refractivity contribution >= 4 is 12.0 Å². The van der Waals surface area contributed by atoms with Gasteiger partial charge in [-0.25, -0.2) is 4.79 Å². The van der Waals surface area contributed by atoms with Crippen molar-refractivity contribution in [2.45, 2.75) is 38.1 Å². The van der Waals surface area contributed by atoms with Crippen molar-refractivity contribution in [2.24, 2.45) is 5.73 Å². The Morgan fingerprint density at radius 3 is 2.88 bits per heavy atom. The van der Waals surface area contributed by atoms with Gasteiger partial charge in [-0.15, -0.1) is 0 Å². The fourth-order valence-electron chi connectivity index (χ4n) is 1.91. The molecule has 6 nitrogen and oxygen atoms in total. The molecule has 1 aliphatic rings. The molecule has 0 spiro atoms. The maximum atomic E-state index is 11.4. The normalized spacial score (nSPS) is 19.6. The van der Waals surface area contributed by atoms with E-state index in [4.69, 9.17) is 5.73 Å². The van der Waals surface area contributed by atoms with Gasteiger partial charge in [-0.2, -0.15) is 0 Å². The second kappa shape index (κ2) is 7.89. The van der Waals surface area contributed by atoms with Crippen molar-refractivity contribution in [3.05, 3.63) is 0 Å². The molecule has 17 heavy (non-hydrogen) atoms. The van der Waals surface area contributed by atoms with Gasteiger partial charge in [0.15, 0.2) is 0 Å². The molecule has 0 saturated carbocycles. The second-order valence-electron chi connectivity index (χ2n) is 4.20. The molecule has 0 radical (unpaired) electrons. The summed E-state index contributed by atoms with van der Waals surface area (Å²) in [4.78, 5) is 21.7. The van der Waals surface area contributed by atoms with Gasteiger partial charge in [-0.1, -0.05) is 6.42 Å². The van der Waals surface area contributed by atoms with Gasteiger partial charge in [0.2, 0.25) is 5.91 Å². The van der Waals surface area contributed by atoms with E-state index < -0.39 is 6.09 Å². The van der Waals surface area contributed by atoms with E-state index in [9.17, 15) is 9.59 Å². The first-order valence-electron chi connectivity index (χ1n) is 6.11. The summed E-state index contributed by atoms with van der Waals surface area (Å²) in [5.74, 6) is -0.00885. The Morgan fingerprint density at radius 2 is 2.24 bits per heavy atom. The number of nitrogens with two attached hydrogens (primary N) is 1. The average Bonchev–Trinajstić information content (AvgIpc) is 2.33. The molecule has 1 heterocycles. The number of amides is 2. The molecule has 0 aliphatic carbocycles. The smallest absolute Gasteiger partial charge is 0.404 e. The number of carbonyl (C=O) groups is 2. The highest BCUT2D eigenvalue weighted by atomic mass is 16.5. The van der Waals surface area contributed by atoms with Gasteiger partial charge < -0.3 is 21.1 Å². The molecule has 1 unspecified atom stereocenters. The zero-order valence-corrected chi connectivity index (χ0v) is 10.0. The summed E-state index contributed by atoms with van der Waals surface area (Å²) in [6, 6.07) is 0.469. The predicted molar refractivity (Wildman–Crippen MR) is 63.4 cm³/mol. The van der Waals surface area contributed by atoms with Crippen LogP contribution in [0.3, 0.4) is 0 Å². The van der Waals surface area contributed by atoms with Gasteiger partial charge in [0.1, 0.15) is 6.61 Å². The molecule has 6 heteroatoms. The van der Waals surface area contributed by atoms with Crippen LogP contribution in [0.5, 0.6) is 0 Å². The van der Waals surface area contributed by atoms with Gasteiger partial charge in [0.25, 0.3) is 0 Å². The van der Waals surface area contributed by atoms with Gasteiger partial charge in [-0.3, -0.25) is 4.79 Å². The van der Waals surface area contributed by atoms with E-state index in [0.29, 0.717) is 19.0 Å². The fraction of sp³-hybridized carbons (Fsp3) is 0.818. The van der Waals surface area contributed by atoms with Gasteiger partial charge in [0, 0.05) is 12.5 Å². The van der Waals surface area contributed by atoms with Crippen molar-refractivity contribution in [1.29, 1.82) is 0 Å². The monoisotopic (exact) mass is 243 g/mol. The minimum atomic E-state index is -0.814. The van der Waals surface area contributed by atoms with Crippen LogP contribution in [0.4, 0.5) is 4.79 Å². The van der Waals surface area contributed by atoms with Crippen LogP contribution in [-0.2, 0) is 9.53 Å². The first-order valence-corrected chi connectivity index (χ1v) is 6.11. The van der Waals surface area contributed by atoms with E-state index in [1.807, 2.05) is 0 Å². The zero-order valence-electron chi connectivity index (χ0n) is 10.0. The average molecular weight is 243 g/mol. The summed E-state index contributed by atoms with van der Waals surface area (Å²) >= 11 is 0. The number of hydrogen-bond acceptors (Lipinski definition) is 4. The SMILES string of the molecule is NC(=O)OCCNC(=O)CCC1CCCCN1. The molecule has 0 aromatic rings. The highest BCUT2D eigenvalue weighted by Gasteiger charge is 2.13. The first-order chi connectivity index (χ1) is 8.18. The van der Waals surface area contributed by atoms with Crippen LogP contribution >= 0.6 is 0 Å². The van der Waals surface area contributed by atoms with Gasteiger partial charge in [0.05, 0.1) is 6.54 Å². The van der Waals surface area contributed by atoms with Crippen molar-refractivity contribution in [3.63, 3.8) is 0 Å². The lowest BCUT2D eigenvalue weighted by Gasteiger charge is -2.22. The van der Waals surface area contributed by atoms with E-state index in [1.165, 1.54) is 12.8 Å². The number of nitrogens with one attached hydrogen (secondary N) is 2. The first kappa shape index (κ1) is 13.8. The summed E-state index contributed by atoms with van der Waals surface area (Å²) < 4.78 is 4.50. The molecule has 4 N–H and O–H groups in total. The number of ether oxygens (including phenoxy) is 1.